The average molecular weight is 315 g/mol. The lowest BCUT2D eigenvalue weighted by atomic mass is 9.83. The second-order valence-electron chi connectivity index (χ2n) is 5.27. The fourth-order valence-electron chi connectivity index (χ4n) is 2.60. The first-order valence-corrected chi connectivity index (χ1v) is 6.95. The maximum Gasteiger partial charge on any atom is 0.223 e. The average Bonchev–Trinajstić information content (AvgIpc) is 2.47. The fraction of sp³-hybridized carbons (Fsp3) is 0.533. The summed E-state index contributed by atoms with van der Waals surface area (Å²) in [5, 5.41) is 12.5. The van der Waals surface area contributed by atoms with Crippen LogP contribution < -0.4 is 15.8 Å². The molecule has 4 N–H and O–H groups in total. The van der Waals surface area contributed by atoms with E-state index in [9.17, 15) is 9.90 Å². The first kappa shape index (κ1) is 17.8. The summed E-state index contributed by atoms with van der Waals surface area (Å²) in [5.74, 6) is 0.657. The minimum atomic E-state index is -0.478. The summed E-state index contributed by atoms with van der Waals surface area (Å²) in [6, 6.07) is 7.30. The van der Waals surface area contributed by atoms with E-state index in [0.717, 1.165) is 11.3 Å². The second kappa shape index (κ2) is 8.22. The van der Waals surface area contributed by atoms with E-state index in [1.165, 1.54) is 0 Å². The second-order valence-corrected chi connectivity index (χ2v) is 5.27. The third-order valence-corrected chi connectivity index (χ3v) is 3.88. The highest BCUT2D eigenvalue weighted by Crippen LogP contribution is 2.24. The molecule has 1 aliphatic carbocycles. The van der Waals surface area contributed by atoms with Crippen molar-refractivity contribution >= 4 is 18.3 Å². The van der Waals surface area contributed by atoms with E-state index >= 15 is 0 Å². The molecule has 1 aromatic rings. The standard InChI is InChI=1S/C15H22N2O3.ClH/c1-20-14-5-3-2-4-11(14)9-17-15(19)10-6-7-13(18)12(16)8-10;/h2-5,10,12-13,18H,6-9,16H2,1H3,(H,17,19);1H/t10-,12+,13+;/m0./s1. The Kier molecular flexibility index (Phi) is 6.95. The number of aliphatic hydroxyl groups is 1. The van der Waals surface area contributed by atoms with Gasteiger partial charge in [0.2, 0.25) is 5.91 Å². The molecular formula is C15H23ClN2O3. The molecule has 1 aliphatic rings. The van der Waals surface area contributed by atoms with Gasteiger partial charge in [0.25, 0.3) is 0 Å². The third kappa shape index (κ3) is 4.59. The van der Waals surface area contributed by atoms with Gasteiger partial charge in [0.15, 0.2) is 0 Å². The Balaban J connectivity index is 0.00000220. The smallest absolute Gasteiger partial charge is 0.223 e. The van der Waals surface area contributed by atoms with Gasteiger partial charge in [-0.1, -0.05) is 18.2 Å². The van der Waals surface area contributed by atoms with Gasteiger partial charge in [-0.05, 0) is 25.3 Å². The Morgan fingerprint density at radius 1 is 1.43 bits per heavy atom. The van der Waals surface area contributed by atoms with Crippen molar-refractivity contribution in [3.8, 4) is 5.75 Å². The Morgan fingerprint density at radius 2 is 2.14 bits per heavy atom. The van der Waals surface area contributed by atoms with Crippen LogP contribution in [0.5, 0.6) is 5.75 Å². The van der Waals surface area contributed by atoms with Crippen molar-refractivity contribution < 1.29 is 14.6 Å². The molecule has 0 bridgehead atoms. The maximum atomic E-state index is 12.1. The molecule has 1 fully saturated rings. The zero-order chi connectivity index (χ0) is 14.5. The Labute approximate surface area is 131 Å². The van der Waals surface area contributed by atoms with E-state index in [-0.39, 0.29) is 30.3 Å². The lowest BCUT2D eigenvalue weighted by Crippen LogP contribution is -2.44. The highest BCUT2D eigenvalue weighted by atomic mass is 35.5. The van der Waals surface area contributed by atoms with Gasteiger partial charge >= 0.3 is 0 Å². The van der Waals surface area contributed by atoms with E-state index in [0.29, 0.717) is 25.8 Å². The normalized spacial score (nSPS) is 24.8. The van der Waals surface area contributed by atoms with Crippen LogP contribution in [0.15, 0.2) is 24.3 Å². The number of carbonyl (C=O) groups excluding carboxylic acids is 1. The molecule has 3 atom stereocenters. The van der Waals surface area contributed by atoms with Gasteiger partial charge in [0.1, 0.15) is 5.75 Å². The van der Waals surface area contributed by atoms with E-state index in [2.05, 4.69) is 5.32 Å². The molecule has 118 valence electrons. The van der Waals surface area contributed by atoms with Crippen molar-refractivity contribution in [1.82, 2.24) is 5.32 Å². The minimum absolute atomic E-state index is 0. The highest BCUT2D eigenvalue weighted by molar-refractivity contribution is 5.85. The van der Waals surface area contributed by atoms with Crippen LogP contribution in [0.25, 0.3) is 0 Å². The van der Waals surface area contributed by atoms with Gasteiger partial charge in [0, 0.05) is 24.1 Å². The van der Waals surface area contributed by atoms with Crippen molar-refractivity contribution in [3.05, 3.63) is 29.8 Å². The lowest BCUT2D eigenvalue weighted by molar-refractivity contribution is -0.127. The number of carbonyl (C=O) groups is 1. The number of nitrogens with two attached hydrogens (primary N) is 1. The number of amides is 1. The monoisotopic (exact) mass is 314 g/mol. The van der Waals surface area contributed by atoms with Crippen LogP contribution in [0.4, 0.5) is 0 Å². The maximum absolute atomic E-state index is 12.1. The van der Waals surface area contributed by atoms with E-state index < -0.39 is 6.10 Å². The van der Waals surface area contributed by atoms with E-state index in [1.807, 2.05) is 24.3 Å². The van der Waals surface area contributed by atoms with E-state index in [4.69, 9.17) is 10.5 Å². The van der Waals surface area contributed by atoms with Crippen LogP contribution in [0.3, 0.4) is 0 Å². The largest absolute Gasteiger partial charge is 0.496 e. The molecule has 5 nitrogen and oxygen atoms in total. The third-order valence-electron chi connectivity index (χ3n) is 3.88. The predicted octanol–water partition coefficient (Wildman–Crippen LogP) is 1.22. The lowest BCUT2D eigenvalue weighted by Gasteiger charge is -2.30. The Morgan fingerprint density at radius 3 is 2.81 bits per heavy atom. The molecule has 6 heteroatoms. The molecule has 0 aliphatic heterocycles. The summed E-state index contributed by atoms with van der Waals surface area (Å²) < 4.78 is 5.25. The molecule has 21 heavy (non-hydrogen) atoms. The summed E-state index contributed by atoms with van der Waals surface area (Å²) in [6.07, 6.45) is 1.34. The zero-order valence-electron chi connectivity index (χ0n) is 12.1. The summed E-state index contributed by atoms with van der Waals surface area (Å²) in [4.78, 5) is 12.1. The SMILES string of the molecule is COc1ccccc1CNC(=O)[C@H]1CC[C@@H](O)[C@H](N)C1.Cl. The molecule has 0 saturated heterocycles. The Bertz CT molecular complexity index is 470. The number of hydrogen-bond donors (Lipinski definition) is 3. The number of rotatable bonds is 4. The number of aliphatic hydroxyl groups excluding tert-OH is 1. The predicted molar refractivity (Wildman–Crippen MR) is 83.4 cm³/mol. The van der Waals surface area contributed by atoms with Crippen LogP contribution >= 0.6 is 12.4 Å². The van der Waals surface area contributed by atoms with Crippen molar-refractivity contribution in [2.24, 2.45) is 11.7 Å². The quantitative estimate of drug-likeness (QED) is 0.780. The van der Waals surface area contributed by atoms with E-state index in [1.54, 1.807) is 7.11 Å². The molecule has 0 heterocycles. The minimum Gasteiger partial charge on any atom is -0.496 e. The van der Waals surface area contributed by atoms with Crippen LogP contribution in [-0.2, 0) is 11.3 Å². The molecule has 1 saturated carbocycles. The molecule has 0 radical (unpaired) electrons. The van der Waals surface area contributed by atoms with Crippen LogP contribution in [0.1, 0.15) is 24.8 Å². The Hall–Kier alpha value is -1.30. The molecule has 0 spiro atoms. The van der Waals surface area contributed by atoms with Crippen LogP contribution in [0, 0.1) is 5.92 Å². The summed E-state index contributed by atoms with van der Waals surface area (Å²) in [5.41, 5.74) is 6.76. The number of methoxy groups -OCH3 is 1. The van der Waals surface area contributed by atoms with Crippen molar-refractivity contribution in [2.75, 3.05) is 7.11 Å². The van der Waals surface area contributed by atoms with Crippen LogP contribution in [-0.4, -0.2) is 30.3 Å². The first-order chi connectivity index (χ1) is 9.61. The van der Waals surface area contributed by atoms with Crippen molar-refractivity contribution in [2.45, 2.75) is 38.0 Å². The number of para-hydroxylation sites is 1. The number of halogens is 1. The van der Waals surface area contributed by atoms with Gasteiger partial charge in [0.05, 0.1) is 13.2 Å². The molecule has 1 amide bonds. The molecule has 0 aromatic heterocycles. The number of benzene rings is 1. The van der Waals surface area contributed by atoms with Gasteiger partial charge in [-0.25, -0.2) is 0 Å². The summed E-state index contributed by atoms with van der Waals surface area (Å²) >= 11 is 0. The van der Waals surface area contributed by atoms with Crippen LogP contribution in [0.2, 0.25) is 0 Å². The zero-order valence-corrected chi connectivity index (χ0v) is 12.9. The molecule has 0 unspecified atom stereocenters. The molecule has 2 rings (SSSR count). The topological polar surface area (TPSA) is 84.6 Å². The molecular weight excluding hydrogens is 292 g/mol. The van der Waals surface area contributed by atoms with Gasteiger partial charge in [-0.15, -0.1) is 12.4 Å². The summed E-state index contributed by atoms with van der Waals surface area (Å²) in [6.45, 7) is 0.442. The fourth-order valence-corrected chi connectivity index (χ4v) is 2.60. The van der Waals surface area contributed by atoms with Gasteiger partial charge in [-0.3, -0.25) is 4.79 Å². The number of ether oxygens (including phenoxy) is 1. The van der Waals surface area contributed by atoms with Gasteiger partial charge < -0.3 is 20.9 Å². The number of hydrogen-bond acceptors (Lipinski definition) is 4. The summed E-state index contributed by atoms with van der Waals surface area (Å²) in [7, 11) is 1.61. The highest BCUT2D eigenvalue weighted by Gasteiger charge is 2.30. The number of nitrogens with one attached hydrogen (secondary N) is 1. The molecule has 1 aromatic carbocycles. The first-order valence-electron chi connectivity index (χ1n) is 6.95. The van der Waals surface area contributed by atoms with Gasteiger partial charge in [-0.2, -0.15) is 0 Å². The van der Waals surface area contributed by atoms with Crippen molar-refractivity contribution in [3.63, 3.8) is 0 Å². The van der Waals surface area contributed by atoms with Crippen molar-refractivity contribution in [1.29, 1.82) is 0 Å².